The van der Waals surface area contributed by atoms with Gasteiger partial charge >= 0.3 is 6.09 Å². The number of carbonyl (C=O) groups is 1. The molecule has 1 unspecified atom stereocenters. The summed E-state index contributed by atoms with van der Waals surface area (Å²) in [5, 5.41) is 0.572. The number of nitrogens with zero attached hydrogens (tertiary/aromatic N) is 3. The van der Waals surface area contributed by atoms with Crippen LogP contribution >= 0.6 is 11.6 Å². The molecule has 0 radical (unpaired) electrons. The van der Waals surface area contributed by atoms with Gasteiger partial charge in [-0.1, -0.05) is 31.9 Å². The highest BCUT2D eigenvalue weighted by molar-refractivity contribution is 6.30. The monoisotopic (exact) mass is 340 g/mol. The second kappa shape index (κ2) is 6.69. The van der Waals surface area contributed by atoms with E-state index in [2.05, 4.69) is 28.7 Å². The zero-order chi connectivity index (χ0) is 16.4. The number of aryl methyl sites for hydroxylation is 1. The molecule has 7 heteroatoms. The van der Waals surface area contributed by atoms with Crippen molar-refractivity contribution in [3.05, 3.63) is 16.7 Å². The number of amides is 1. The molecule has 2 aliphatic rings. The Morgan fingerprint density at radius 2 is 2.22 bits per heavy atom. The van der Waals surface area contributed by atoms with Gasteiger partial charge in [0.15, 0.2) is 5.15 Å². The van der Waals surface area contributed by atoms with Gasteiger partial charge in [-0.2, -0.15) is 0 Å². The van der Waals surface area contributed by atoms with Gasteiger partial charge in [0.25, 0.3) is 0 Å². The fourth-order valence-corrected chi connectivity index (χ4v) is 3.72. The summed E-state index contributed by atoms with van der Waals surface area (Å²) in [6, 6.07) is 0. The van der Waals surface area contributed by atoms with Crippen LogP contribution in [0, 0.1) is 0 Å². The van der Waals surface area contributed by atoms with Gasteiger partial charge in [-0.15, -0.1) is 0 Å². The van der Waals surface area contributed by atoms with Crippen LogP contribution in [0.15, 0.2) is 0 Å². The van der Waals surface area contributed by atoms with Crippen molar-refractivity contribution in [2.24, 2.45) is 0 Å². The SMILES string of the molecule is CCCCc1nc(Cl)c(CN2CCN3C(=O)OCC3(CC)C2)[nH]1. The maximum atomic E-state index is 11.8. The van der Waals surface area contributed by atoms with Crippen LogP contribution in [0.25, 0.3) is 0 Å². The maximum absolute atomic E-state index is 11.8. The molecule has 1 atom stereocenters. The molecular weight excluding hydrogens is 316 g/mol. The van der Waals surface area contributed by atoms with Crippen molar-refractivity contribution in [1.82, 2.24) is 19.8 Å². The first kappa shape index (κ1) is 16.6. The van der Waals surface area contributed by atoms with E-state index in [1.54, 1.807) is 0 Å². The van der Waals surface area contributed by atoms with E-state index >= 15 is 0 Å². The predicted molar refractivity (Wildman–Crippen MR) is 88.6 cm³/mol. The lowest BCUT2D eigenvalue weighted by Gasteiger charge is -2.44. The summed E-state index contributed by atoms with van der Waals surface area (Å²) < 4.78 is 5.28. The van der Waals surface area contributed by atoms with Crippen molar-refractivity contribution in [3.63, 3.8) is 0 Å². The molecule has 0 bridgehead atoms. The number of fused-ring (bicyclic) bond motifs is 1. The number of aromatic nitrogens is 2. The van der Waals surface area contributed by atoms with E-state index in [1.165, 1.54) is 0 Å². The van der Waals surface area contributed by atoms with Gasteiger partial charge in [0.2, 0.25) is 0 Å². The van der Waals surface area contributed by atoms with Crippen LogP contribution in [0.5, 0.6) is 0 Å². The fraction of sp³-hybridized carbons (Fsp3) is 0.750. The third-order valence-corrected chi connectivity index (χ3v) is 5.31. The van der Waals surface area contributed by atoms with Gasteiger partial charge in [-0.25, -0.2) is 9.78 Å². The molecule has 2 saturated heterocycles. The molecule has 1 N–H and O–H groups in total. The molecule has 2 aliphatic heterocycles. The number of unbranched alkanes of at least 4 members (excludes halogenated alkanes) is 1. The number of imidazole rings is 1. The quantitative estimate of drug-likeness (QED) is 0.865. The minimum atomic E-state index is -0.188. The Bertz CT molecular complexity index is 576. The molecule has 1 aromatic heterocycles. The summed E-state index contributed by atoms with van der Waals surface area (Å²) in [6.45, 7) is 7.86. The topological polar surface area (TPSA) is 61.5 Å². The van der Waals surface area contributed by atoms with E-state index < -0.39 is 0 Å². The first-order valence-electron chi connectivity index (χ1n) is 8.48. The smallest absolute Gasteiger partial charge is 0.410 e. The maximum Gasteiger partial charge on any atom is 0.410 e. The number of rotatable bonds is 6. The molecule has 23 heavy (non-hydrogen) atoms. The summed E-state index contributed by atoms with van der Waals surface area (Å²) in [4.78, 5) is 23.9. The van der Waals surface area contributed by atoms with Crippen molar-refractivity contribution in [2.45, 2.75) is 51.6 Å². The molecule has 3 heterocycles. The minimum Gasteiger partial charge on any atom is -0.447 e. The lowest BCUT2D eigenvalue weighted by Crippen LogP contribution is -2.60. The molecular formula is C16H25ClN4O2. The number of carbonyl (C=O) groups excluding carboxylic acids is 1. The van der Waals surface area contributed by atoms with Gasteiger partial charge in [0, 0.05) is 32.6 Å². The van der Waals surface area contributed by atoms with E-state index in [-0.39, 0.29) is 11.6 Å². The third kappa shape index (κ3) is 3.19. The summed E-state index contributed by atoms with van der Waals surface area (Å²) in [7, 11) is 0. The largest absolute Gasteiger partial charge is 0.447 e. The van der Waals surface area contributed by atoms with E-state index in [0.29, 0.717) is 18.3 Å². The molecule has 0 saturated carbocycles. The second-order valence-corrected chi connectivity index (χ2v) is 6.91. The number of halogens is 1. The molecule has 6 nitrogen and oxygen atoms in total. The van der Waals surface area contributed by atoms with Crippen LogP contribution in [0.2, 0.25) is 5.15 Å². The highest BCUT2D eigenvalue weighted by Gasteiger charge is 2.49. The minimum absolute atomic E-state index is 0.173. The standard InChI is InChI=1S/C16H25ClN4O2/c1-3-5-6-13-18-12(14(17)19-13)9-20-7-8-21-15(22)23-11-16(21,4-2)10-20/h3-11H2,1-2H3,(H,18,19). The van der Waals surface area contributed by atoms with Crippen LogP contribution in [0.1, 0.15) is 44.6 Å². The van der Waals surface area contributed by atoms with E-state index in [0.717, 1.165) is 56.8 Å². The number of hydrogen-bond donors (Lipinski definition) is 1. The van der Waals surface area contributed by atoms with Crippen molar-refractivity contribution in [3.8, 4) is 0 Å². The molecule has 2 fully saturated rings. The zero-order valence-electron chi connectivity index (χ0n) is 13.9. The van der Waals surface area contributed by atoms with E-state index in [1.807, 2.05) is 4.90 Å². The molecule has 0 spiro atoms. The van der Waals surface area contributed by atoms with Crippen LogP contribution in [-0.2, 0) is 17.7 Å². The van der Waals surface area contributed by atoms with Gasteiger partial charge in [-0.3, -0.25) is 9.80 Å². The summed E-state index contributed by atoms with van der Waals surface area (Å²) in [5.74, 6) is 0.968. The van der Waals surface area contributed by atoms with Gasteiger partial charge in [-0.05, 0) is 12.8 Å². The van der Waals surface area contributed by atoms with Crippen molar-refractivity contribution >= 4 is 17.7 Å². The highest BCUT2D eigenvalue weighted by atomic mass is 35.5. The van der Waals surface area contributed by atoms with E-state index in [4.69, 9.17) is 16.3 Å². The Morgan fingerprint density at radius 3 is 2.96 bits per heavy atom. The molecule has 1 amide bonds. The molecule has 0 aromatic carbocycles. The van der Waals surface area contributed by atoms with Gasteiger partial charge in [0.1, 0.15) is 12.4 Å². The Morgan fingerprint density at radius 1 is 1.39 bits per heavy atom. The van der Waals surface area contributed by atoms with Crippen molar-refractivity contribution in [2.75, 3.05) is 26.2 Å². The van der Waals surface area contributed by atoms with Crippen LogP contribution < -0.4 is 0 Å². The van der Waals surface area contributed by atoms with Gasteiger partial charge < -0.3 is 9.72 Å². The van der Waals surface area contributed by atoms with Crippen LogP contribution in [0.4, 0.5) is 4.79 Å². The average molecular weight is 341 g/mol. The Balaban J connectivity index is 1.67. The van der Waals surface area contributed by atoms with Gasteiger partial charge in [0.05, 0.1) is 11.2 Å². The number of ether oxygens (including phenoxy) is 1. The zero-order valence-corrected chi connectivity index (χ0v) is 14.7. The summed E-state index contributed by atoms with van der Waals surface area (Å²) >= 11 is 6.29. The number of hydrogen-bond acceptors (Lipinski definition) is 4. The summed E-state index contributed by atoms with van der Waals surface area (Å²) in [6.07, 6.45) is 3.91. The van der Waals surface area contributed by atoms with Crippen molar-refractivity contribution in [1.29, 1.82) is 0 Å². The number of nitrogens with one attached hydrogen (secondary N) is 1. The Kier molecular flexibility index (Phi) is 4.82. The highest BCUT2D eigenvalue weighted by Crippen LogP contribution is 2.32. The van der Waals surface area contributed by atoms with Crippen LogP contribution in [0.3, 0.4) is 0 Å². The first-order valence-corrected chi connectivity index (χ1v) is 8.86. The lowest BCUT2D eigenvalue weighted by molar-refractivity contribution is 0.0444. The number of cyclic esters (lactones) is 1. The Labute approximate surface area is 142 Å². The van der Waals surface area contributed by atoms with Crippen LogP contribution in [-0.4, -0.2) is 57.6 Å². The molecule has 3 rings (SSSR count). The third-order valence-electron chi connectivity index (χ3n) is 5.00. The fourth-order valence-electron chi connectivity index (χ4n) is 3.51. The molecule has 128 valence electrons. The summed E-state index contributed by atoms with van der Waals surface area (Å²) in [5.41, 5.74) is 0.787. The average Bonchev–Trinajstić information content (AvgIpc) is 3.06. The first-order chi connectivity index (χ1) is 11.1. The normalized spacial score (nSPS) is 24.8. The molecule has 0 aliphatic carbocycles. The van der Waals surface area contributed by atoms with E-state index in [9.17, 15) is 4.79 Å². The lowest BCUT2D eigenvalue weighted by atomic mass is 9.93. The predicted octanol–water partition coefficient (Wildman–Crippen LogP) is 2.82. The number of aromatic amines is 1. The van der Waals surface area contributed by atoms with Crippen molar-refractivity contribution < 1.29 is 9.53 Å². The second-order valence-electron chi connectivity index (χ2n) is 6.55. The molecule has 1 aromatic rings. The Hall–Kier alpha value is -1.27. The number of piperazine rings is 1. The number of H-pyrrole nitrogens is 1.